The molecule has 0 unspecified atom stereocenters. The number of carbonyl (C=O) groups excluding carboxylic acids is 1. The van der Waals surface area contributed by atoms with Gasteiger partial charge in [0.25, 0.3) is 5.56 Å². The van der Waals surface area contributed by atoms with Gasteiger partial charge in [0.1, 0.15) is 11.4 Å². The van der Waals surface area contributed by atoms with Crippen molar-refractivity contribution in [2.24, 2.45) is 7.05 Å². The first-order valence-electron chi connectivity index (χ1n) is 15.7. The van der Waals surface area contributed by atoms with E-state index in [1.165, 1.54) is 14.7 Å². The van der Waals surface area contributed by atoms with Crippen LogP contribution in [0.15, 0.2) is 33.4 Å². The number of amides is 1. The van der Waals surface area contributed by atoms with Gasteiger partial charge in [0.2, 0.25) is 5.95 Å². The van der Waals surface area contributed by atoms with Crippen molar-refractivity contribution in [2.45, 2.75) is 92.0 Å². The number of ether oxygens (including phenoxy) is 1. The fraction of sp³-hybridized carbons (Fsp3) is 0.515. The standard InChI is InChI=1S/C33H42N8O4/c1-19(2)12-14-40-27-28(37-30(40)39-13-8-9-22(17-39)34-31(43)45-33(4,5)6)38(7)32(44)41(29(27)42)18-25-35-23-11-10-21-15-20(3)16-24(36-25)26(21)23/h12,15-16,22H,8-11,13-14,17-18H2,1-7H3,(H,34,43)/t22-/m1/s1. The fourth-order valence-corrected chi connectivity index (χ4v) is 6.42. The normalized spacial score (nSPS) is 16.4. The monoisotopic (exact) mass is 614 g/mol. The van der Waals surface area contributed by atoms with Crippen LogP contribution >= 0.6 is 0 Å². The van der Waals surface area contributed by atoms with Crippen molar-refractivity contribution in [3.8, 4) is 0 Å². The van der Waals surface area contributed by atoms with Gasteiger partial charge < -0.3 is 19.5 Å². The minimum atomic E-state index is -0.598. The second-order valence-corrected chi connectivity index (χ2v) is 13.5. The molecule has 6 rings (SSSR count). The summed E-state index contributed by atoms with van der Waals surface area (Å²) in [7, 11) is 1.64. The molecule has 0 radical (unpaired) electrons. The molecule has 3 aromatic heterocycles. The van der Waals surface area contributed by atoms with Gasteiger partial charge in [0, 0.05) is 38.1 Å². The predicted molar refractivity (Wildman–Crippen MR) is 174 cm³/mol. The van der Waals surface area contributed by atoms with Crippen molar-refractivity contribution in [1.29, 1.82) is 0 Å². The van der Waals surface area contributed by atoms with Crippen LogP contribution in [0.1, 0.15) is 70.1 Å². The number of benzene rings is 1. The number of hydrogen-bond donors (Lipinski definition) is 1. The zero-order chi connectivity index (χ0) is 32.2. The van der Waals surface area contributed by atoms with Crippen LogP contribution in [0.3, 0.4) is 0 Å². The molecule has 1 amide bonds. The third-order valence-corrected chi connectivity index (χ3v) is 8.40. The Morgan fingerprint density at radius 1 is 1.11 bits per heavy atom. The van der Waals surface area contributed by atoms with E-state index in [4.69, 9.17) is 19.7 Å². The zero-order valence-corrected chi connectivity index (χ0v) is 27.2. The molecule has 1 aliphatic heterocycles. The molecule has 238 valence electrons. The first-order chi connectivity index (χ1) is 21.3. The van der Waals surface area contributed by atoms with Crippen LogP contribution in [0.2, 0.25) is 0 Å². The largest absolute Gasteiger partial charge is 0.444 e. The summed E-state index contributed by atoms with van der Waals surface area (Å²) in [6.07, 6.45) is 4.92. The minimum absolute atomic E-state index is 0.0393. The van der Waals surface area contributed by atoms with Crippen molar-refractivity contribution in [1.82, 2.24) is 34.0 Å². The third kappa shape index (κ3) is 5.97. The van der Waals surface area contributed by atoms with Gasteiger partial charge in [0.05, 0.1) is 17.8 Å². The molecule has 12 nitrogen and oxygen atoms in total. The van der Waals surface area contributed by atoms with Crippen LogP contribution < -0.4 is 21.5 Å². The summed E-state index contributed by atoms with van der Waals surface area (Å²) < 4.78 is 10.0. The summed E-state index contributed by atoms with van der Waals surface area (Å²) in [5.41, 5.74) is 4.44. The molecule has 1 atom stereocenters. The molecule has 1 N–H and O–H groups in total. The number of aryl methyl sites for hydroxylation is 4. The number of carbonyl (C=O) groups is 1. The van der Waals surface area contributed by atoms with Crippen LogP contribution in [-0.2, 0) is 37.7 Å². The van der Waals surface area contributed by atoms with E-state index < -0.39 is 22.9 Å². The van der Waals surface area contributed by atoms with Gasteiger partial charge in [-0.3, -0.25) is 13.9 Å². The molecule has 12 heteroatoms. The van der Waals surface area contributed by atoms with Gasteiger partial charge in [-0.05, 0) is 84.4 Å². The molecule has 2 aliphatic rings. The van der Waals surface area contributed by atoms with Crippen LogP contribution in [-0.4, -0.2) is 59.5 Å². The highest BCUT2D eigenvalue weighted by atomic mass is 16.6. The molecule has 4 heterocycles. The van der Waals surface area contributed by atoms with Crippen LogP contribution in [0.25, 0.3) is 22.1 Å². The molecular weight excluding hydrogens is 572 g/mol. The molecule has 1 saturated heterocycles. The number of nitrogens with one attached hydrogen (secondary N) is 1. The number of aromatic nitrogens is 6. The number of imidazole rings is 1. The summed E-state index contributed by atoms with van der Waals surface area (Å²) in [6.45, 7) is 13.1. The van der Waals surface area contributed by atoms with E-state index in [0.717, 1.165) is 53.4 Å². The van der Waals surface area contributed by atoms with Crippen molar-refractivity contribution in [3.63, 3.8) is 0 Å². The lowest BCUT2D eigenvalue weighted by Crippen LogP contribution is -2.49. The van der Waals surface area contributed by atoms with Crippen molar-refractivity contribution in [3.05, 3.63) is 67.3 Å². The van der Waals surface area contributed by atoms with Crippen LogP contribution in [0.4, 0.5) is 10.7 Å². The van der Waals surface area contributed by atoms with Gasteiger partial charge in [-0.15, -0.1) is 0 Å². The molecule has 0 spiro atoms. The second-order valence-electron chi connectivity index (χ2n) is 13.5. The molecule has 1 aliphatic carbocycles. The van der Waals surface area contributed by atoms with Crippen molar-refractivity contribution >= 4 is 34.1 Å². The summed E-state index contributed by atoms with van der Waals surface area (Å²) in [5.74, 6) is 1.03. The van der Waals surface area contributed by atoms with E-state index in [-0.39, 0.29) is 12.6 Å². The van der Waals surface area contributed by atoms with E-state index in [0.29, 0.717) is 42.6 Å². The van der Waals surface area contributed by atoms with E-state index in [2.05, 4.69) is 16.3 Å². The number of piperidine rings is 1. The molecular formula is C33H42N8O4. The molecule has 1 fully saturated rings. The van der Waals surface area contributed by atoms with E-state index in [1.807, 2.05) is 58.3 Å². The van der Waals surface area contributed by atoms with Gasteiger partial charge in [-0.1, -0.05) is 17.7 Å². The predicted octanol–water partition coefficient (Wildman–Crippen LogP) is 3.75. The number of rotatable bonds is 6. The molecule has 1 aromatic carbocycles. The SMILES string of the molecule is CC(C)=CCn1c(N2CCC[C@@H](NC(=O)OC(C)(C)C)C2)nc2c1c(=O)n(Cc1nc3c4c(cc(C)cc4n1)CC3)c(=O)n2C. The number of nitrogens with zero attached hydrogens (tertiary/aromatic N) is 7. The Kier molecular flexibility index (Phi) is 7.78. The Bertz CT molecular complexity index is 1970. The summed E-state index contributed by atoms with van der Waals surface area (Å²) in [6, 6.07) is 4.06. The Morgan fingerprint density at radius 3 is 2.62 bits per heavy atom. The summed E-state index contributed by atoms with van der Waals surface area (Å²) in [5, 5.41) is 4.08. The Morgan fingerprint density at radius 2 is 1.89 bits per heavy atom. The van der Waals surface area contributed by atoms with Gasteiger partial charge in [-0.2, -0.15) is 4.98 Å². The Hall–Kier alpha value is -4.48. The maximum Gasteiger partial charge on any atom is 0.407 e. The van der Waals surface area contributed by atoms with Crippen molar-refractivity contribution < 1.29 is 9.53 Å². The maximum atomic E-state index is 14.2. The first-order valence-corrected chi connectivity index (χ1v) is 15.7. The fourth-order valence-electron chi connectivity index (χ4n) is 6.42. The van der Waals surface area contributed by atoms with E-state index in [1.54, 1.807) is 7.05 Å². The molecule has 4 aromatic rings. The highest BCUT2D eigenvalue weighted by Gasteiger charge is 2.29. The number of anilines is 1. The average molecular weight is 615 g/mol. The quantitative estimate of drug-likeness (QED) is 0.325. The summed E-state index contributed by atoms with van der Waals surface area (Å²) >= 11 is 0. The highest BCUT2D eigenvalue weighted by Crippen LogP contribution is 2.30. The topological polar surface area (TPSA) is 129 Å². The van der Waals surface area contributed by atoms with E-state index >= 15 is 0 Å². The first kappa shape index (κ1) is 30.5. The lowest BCUT2D eigenvalue weighted by molar-refractivity contribution is 0.0499. The third-order valence-electron chi connectivity index (χ3n) is 8.40. The average Bonchev–Trinajstić information content (AvgIpc) is 3.54. The smallest absolute Gasteiger partial charge is 0.407 e. The number of fused-ring (bicyclic) bond motifs is 1. The van der Waals surface area contributed by atoms with Crippen LogP contribution in [0.5, 0.6) is 0 Å². The lowest BCUT2D eigenvalue weighted by Gasteiger charge is -2.34. The second kappa shape index (κ2) is 11.5. The van der Waals surface area contributed by atoms with Crippen molar-refractivity contribution in [2.75, 3.05) is 18.0 Å². The van der Waals surface area contributed by atoms with Gasteiger partial charge in [0.15, 0.2) is 11.2 Å². The summed E-state index contributed by atoms with van der Waals surface area (Å²) in [4.78, 5) is 57.0. The minimum Gasteiger partial charge on any atom is -0.444 e. The lowest BCUT2D eigenvalue weighted by atomic mass is 10.1. The molecule has 0 saturated carbocycles. The number of allylic oxidation sites excluding steroid dienone is 2. The zero-order valence-electron chi connectivity index (χ0n) is 27.2. The van der Waals surface area contributed by atoms with Gasteiger partial charge >= 0.3 is 11.8 Å². The molecule has 0 bridgehead atoms. The maximum absolute atomic E-state index is 14.2. The Balaban J connectivity index is 1.41. The molecule has 45 heavy (non-hydrogen) atoms. The number of alkyl carbamates (subject to hydrolysis) is 1. The van der Waals surface area contributed by atoms with Crippen LogP contribution in [0, 0.1) is 6.92 Å². The number of hydrogen-bond acceptors (Lipinski definition) is 8. The van der Waals surface area contributed by atoms with Gasteiger partial charge in [-0.25, -0.2) is 19.6 Å². The highest BCUT2D eigenvalue weighted by molar-refractivity contribution is 5.87. The Labute approximate surface area is 261 Å². The van der Waals surface area contributed by atoms with E-state index in [9.17, 15) is 14.4 Å².